The number of para-hydroxylation sites is 1. The predicted molar refractivity (Wildman–Crippen MR) is 190 cm³/mol. The van der Waals surface area contributed by atoms with Gasteiger partial charge in [-0.25, -0.2) is 4.99 Å². The molecular formula is C38H29Cl2N3O3S. The van der Waals surface area contributed by atoms with Gasteiger partial charge < -0.3 is 14.0 Å². The molecule has 4 aromatic carbocycles. The second kappa shape index (κ2) is 11.9. The maximum Gasteiger partial charge on any atom is 0.271 e. The molecule has 0 amide bonds. The number of thiazole rings is 1. The Hall–Kier alpha value is -4.56. The standard InChI is InChI=1S/C38H29Cl2N3O3S/c1-45-32-16-13-23(17-33(32)46-2)36-29-15-12-22-7-3-4-9-28(22)35(29)41-38-43(36)37(44)34(47-38)18-25-21-42(31-10-6-5-8-27(25)31)20-24-11-14-26(39)19-30(24)40/h3-11,13-14,16-19,21,36H,12,15,20H2,1-2H3/b34-18-/t36-/m1/s1. The van der Waals surface area contributed by atoms with Crippen LogP contribution in [0.5, 0.6) is 11.5 Å². The highest BCUT2D eigenvalue weighted by atomic mass is 35.5. The van der Waals surface area contributed by atoms with Crippen molar-refractivity contribution >= 4 is 57.2 Å². The Morgan fingerprint density at radius 3 is 2.57 bits per heavy atom. The van der Waals surface area contributed by atoms with E-state index in [0.717, 1.165) is 57.3 Å². The fourth-order valence-electron chi connectivity index (χ4n) is 6.84. The number of nitrogens with zero attached hydrogens (tertiary/aromatic N) is 3. The lowest BCUT2D eigenvalue weighted by molar-refractivity contribution is 0.354. The molecule has 2 aromatic heterocycles. The Bertz CT molecular complexity index is 2440. The highest BCUT2D eigenvalue weighted by Crippen LogP contribution is 2.43. The molecule has 6 aromatic rings. The van der Waals surface area contributed by atoms with Gasteiger partial charge in [-0.2, -0.15) is 0 Å². The van der Waals surface area contributed by atoms with Crippen LogP contribution in [0, 0.1) is 0 Å². The normalized spacial score (nSPS) is 15.7. The number of halogens is 2. The van der Waals surface area contributed by atoms with Crippen molar-refractivity contribution in [3.05, 3.63) is 154 Å². The molecule has 234 valence electrons. The maximum absolute atomic E-state index is 14.5. The third kappa shape index (κ3) is 5.10. The van der Waals surface area contributed by atoms with Crippen LogP contribution in [0.4, 0.5) is 0 Å². The summed E-state index contributed by atoms with van der Waals surface area (Å²) < 4.78 is 15.9. The summed E-state index contributed by atoms with van der Waals surface area (Å²) in [4.78, 5) is 20.3. The number of benzene rings is 4. The van der Waals surface area contributed by atoms with Gasteiger partial charge in [-0.3, -0.25) is 9.36 Å². The molecule has 6 nitrogen and oxygen atoms in total. The molecule has 8 rings (SSSR count). The summed E-state index contributed by atoms with van der Waals surface area (Å²) in [5.41, 5.74) is 8.32. The van der Waals surface area contributed by atoms with Crippen LogP contribution >= 0.6 is 34.5 Å². The van der Waals surface area contributed by atoms with Crippen molar-refractivity contribution in [2.24, 2.45) is 4.99 Å². The molecule has 9 heteroatoms. The van der Waals surface area contributed by atoms with Crippen LogP contribution in [0.1, 0.15) is 40.3 Å². The first kappa shape index (κ1) is 29.8. The van der Waals surface area contributed by atoms with Crippen LogP contribution in [0.15, 0.2) is 106 Å². The molecule has 47 heavy (non-hydrogen) atoms. The molecule has 0 bridgehead atoms. The molecule has 1 atom stereocenters. The van der Waals surface area contributed by atoms with Crippen molar-refractivity contribution in [3.63, 3.8) is 0 Å². The second-order valence-corrected chi connectivity index (χ2v) is 13.5. The van der Waals surface area contributed by atoms with Gasteiger partial charge in [0.25, 0.3) is 5.56 Å². The largest absolute Gasteiger partial charge is 0.493 e. The van der Waals surface area contributed by atoms with E-state index >= 15 is 0 Å². The molecule has 0 spiro atoms. The highest BCUT2D eigenvalue weighted by molar-refractivity contribution is 7.07. The molecule has 3 heterocycles. The van der Waals surface area contributed by atoms with Gasteiger partial charge in [0.1, 0.15) is 0 Å². The molecule has 0 saturated carbocycles. The summed E-state index contributed by atoms with van der Waals surface area (Å²) in [5.74, 6) is 1.26. The number of rotatable bonds is 6. The van der Waals surface area contributed by atoms with E-state index in [1.54, 1.807) is 20.3 Å². The second-order valence-electron chi connectivity index (χ2n) is 11.7. The summed E-state index contributed by atoms with van der Waals surface area (Å²) in [5, 5.41) is 2.27. The van der Waals surface area contributed by atoms with Gasteiger partial charge in [-0.1, -0.05) is 89.1 Å². The Kier molecular flexibility index (Phi) is 7.55. The minimum atomic E-state index is -0.329. The summed E-state index contributed by atoms with van der Waals surface area (Å²) in [7, 11) is 3.26. The van der Waals surface area contributed by atoms with Gasteiger partial charge >= 0.3 is 0 Å². The van der Waals surface area contributed by atoms with E-state index < -0.39 is 0 Å². The maximum atomic E-state index is 14.5. The quantitative estimate of drug-likeness (QED) is 0.182. The molecule has 0 unspecified atom stereocenters. The van der Waals surface area contributed by atoms with E-state index in [4.69, 9.17) is 37.7 Å². The minimum absolute atomic E-state index is 0.0727. The van der Waals surface area contributed by atoms with Crippen LogP contribution in [0.25, 0.3) is 22.7 Å². The zero-order valence-electron chi connectivity index (χ0n) is 25.7. The first-order chi connectivity index (χ1) is 22.9. The Morgan fingerprint density at radius 1 is 0.936 bits per heavy atom. The van der Waals surface area contributed by atoms with Crippen molar-refractivity contribution in [2.75, 3.05) is 14.2 Å². The lowest BCUT2D eigenvalue weighted by Gasteiger charge is -2.31. The lowest BCUT2D eigenvalue weighted by atomic mass is 9.83. The van der Waals surface area contributed by atoms with Crippen molar-refractivity contribution in [3.8, 4) is 11.5 Å². The Balaban J connectivity index is 1.32. The van der Waals surface area contributed by atoms with Crippen LogP contribution < -0.4 is 24.4 Å². The number of allylic oxidation sites excluding steroid dienone is 1. The number of methoxy groups -OCH3 is 2. The predicted octanol–water partition coefficient (Wildman–Crippen LogP) is 7.65. The third-order valence-electron chi connectivity index (χ3n) is 9.06. The third-order valence-corrected chi connectivity index (χ3v) is 10.6. The number of aromatic nitrogens is 2. The number of fused-ring (bicyclic) bond motifs is 4. The minimum Gasteiger partial charge on any atom is -0.493 e. The Labute approximate surface area is 285 Å². The molecule has 0 fully saturated rings. The molecular weight excluding hydrogens is 649 g/mol. The van der Waals surface area contributed by atoms with Gasteiger partial charge in [0.05, 0.1) is 30.5 Å². The average Bonchev–Trinajstić information content (AvgIpc) is 3.60. The molecule has 0 N–H and O–H groups in total. The molecule has 0 saturated heterocycles. The number of aryl methyl sites for hydroxylation is 1. The van der Waals surface area contributed by atoms with Gasteiger partial charge in [0.15, 0.2) is 16.3 Å². The van der Waals surface area contributed by atoms with Gasteiger partial charge in [0, 0.05) is 44.8 Å². The monoisotopic (exact) mass is 677 g/mol. The van der Waals surface area contributed by atoms with Crippen molar-refractivity contribution in [1.29, 1.82) is 0 Å². The number of hydrogen-bond acceptors (Lipinski definition) is 5. The smallest absolute Gasteiger partial charge is 0.271 e. The van der Waals surface area contributed by atoms with Crippen molar-refractivity contribution < 1.29 is 9.47 Å². The van der Waals surface area contributed by atoms with E-state index in [1.165, 1.54) is 16.9 Å². The van der Waals surface area contributed by atoms with Crippen LogP contribution in [-0.4, -0.2) is 23.4 Å². The number of ether oxygens (including phenoxy) is 2. The summed E-state index contributed by atoms with van der Waals surface area (Å²) in [6.45, 7) is 0.567. The average molecular weight is 679 g/mol. The highest BCUT2D eigenvalue weighted by Gasteiger charge is 2.33. The van der Waals surface area contributed by atoms with E-state index in [0.29, 0.717) is 37.4 Å². The fourth-order valence-corrected chi connectivity index (χ4v) is 8.30. The van der Waals surface area contributed by atoms with Crippen molar-refractivity contribution in [1.82, 2.24) is 9.13 Å². The SMILES string of the molecule is COc1ccc([C@@H]2C3=C(N=c4s/c(=C\c5cn(Cc6ccc(Cl)cc6Cl)c6ccccc56)c(=O)n42)c2ccccc2CC3)cc1OC. The van der Waals surface area contributed by atoms with Crippen molar-refractivity contribution in [2.45, 2.75) is 25.4 Å². The van der Waals surface area contributed by atoms with E-state index in [9.17, 15) is 4.79 Å². The summed E-state index contributed by atoms with van der Waals surface area (Å²) in [6.07, 6.45) is 5.77. The lowest BCUT2D eigenvalue weighted by Crippen LogP contribution is -2.38. The van der Waals surface area contributed by atoms with Gasteiger partial charge in [0.2, 0.25) is 0 Å². The van der Waals surface area contributed by atoms with Crippen LogP contribution in [-0.2, 0) is 13.0 Å². The van der Waals surface area contributed by atoms with E-state index in [2.05, 4.69) is 47.2 Å². The number of hydrogen-bond donors (Lipinski definition) is 0. The molecule has 1 aliphatic carbocycles. The van der Waals surface area contributed by atoms with Gasteiger partial charge in [-0.15, -0.1) is 0 Å². The topological polar surface area (TPSA) is 57.8 Å². The zero-order valence-corrected chi connectivity index (χ0v) is 28.0. The first-order valence-electron chi connectivity index (χ1n) is 15.3. The zero-order chi connectivity index (χ0) is 32.2. The summed E-state index contributed by atoms with van der Waals surface area (Å²) >= 11 is 14.1. The molecule has 2 aliphatic rings. The van der Waals surface area contributed by atoms with Crippen LogP contribution in [0.2, 0.25) is 10.0 Å². The first-order valence-corrected chi connectivity index (χ1v) is 16.9. The van der Waals surface area contributed by atoms with Crippen LogP contribution in [0.3, 0.4) is 0 Å². The van der Waals surface area contributed by atoms with Gasteiger partial charge in [-0.05, 0) is 71.5 Å². The van der Waals surface area contributed by atoms with E-state index in [-0.39, 0.29) is 11.6 Å². The summed E-state index contributed by atoms with van der Waals surface area (Å²) in [6, 6.07) is 27.8. The van der Waals surface area contributed by atoms with E-state index in [1.807, 2.05) is 53.1 Å². The molecule has 0 radical (unpaired) electrons. The molecule has 1 aliphatic heterocycles. The fraction of sp³-hybridized carbons (Fsp3) is 0.158. The Morgan fingerprint density at radius 2 is 1.74 bits per heavy atom.